The van der Waals surface area contributed by atoms with E-state index in [-0.39, 0.29) is 5.78 Å². The highest BCUT2D eigenvalue weighted by molar-refractivity contribution is 5.96. The van der Waals surface area contributed by atoms with Gasteiger partial charge in [0.25, 0.3) is 0 Å². The molecule has 2 aromatic heterocycles. The number of allylic oxidation sites excluding steroid dienone is 1. The second-order valence-corrected chi connectivity index (χ2v) is 4.80. The minimum absolute atomic E-state index is 0.00384. The third-order valence-electron chi connectivity index (χ3n) is 2.52. The summed E-state index contributed by atoms with van der Waals surface area (Å²) in [5.74, 6) is 0.958. The molecule has 2 rings (SSSR count). The first-order chi connectivity index (χ1) is 9.08. The fourth-order valence-corrected chi connectivity index (χ4v) is 1.65. The van der Waals surface area contributed by atoms with Crippen LogP contribution < -0.4 is 4.74 Å². The SMILES string of the molecule is CC(=O)C=Cc1c[nH]c2ncnc(OCC(C)C)c12. The van der Waals surface area contributed by atoms with Crippen molar-refractivity contribution in [1.82, 2.24) is 15.0 Å². The molecule has 19 heavy (non-hydrogen) atoms. The summed E-state index contributed by atoms with van der Waals surface area (Å²) < 4.78 is 5.70. The number of ketones is 1. The van der Waals surface area contributed by atoms with Gasteiger partial charge in [-0.2, -0.15) is 0 Å². The average molecular weight is 259 g/mol. The minimum atomic E-state index is -0.00384. The zero-order chi connectivity index (χ0) is 13.8. The van der Waals surface area contributed by atoms with Crippen LogP contribution in [0.1, 0.15) is 26.3 Å². The molecule has 1 N–H and O–H groups in total. The monoisotopic (exact) mass is 259 g/mol. The lowest BCUT2D eigenvalue weighted by Gasteiger charge is -2.08. The normalized spacial score (nSPS) is 11.6. The minimum Gasteiger partial charge on any atom is -0.477 e. The van der Waals surface area contributed by atoms with E-state index in [1.54, 1.807) is 12.3 Å². The molecule has 0 fully saturated rings. The number of hydrogen-bond donors (Lipinski definition) is 1. The molecule has 100 valence electrons. The lowest BCUT2D eigenvalue weighted by molar-refractivity contribution is -0.112. The van der Waals surface area contributed by atoms with Gasteiger partial charge >= 0.3 is 0 Å². The quantitative estimate of drug-likeness (QED) is 0.838. The third-order valence-corrected chi connectivity index (χ3v) is 2.52. The standard InChI is InChI=1S/C14H17N3O2/c1-9(2)7-19-14-12-11(5-4-10(3)18)6-15-13(12)16-8-17-14/h4-6,8-9H,7H2,1-3H3,(H,15,16,17). The van der Waals surface area contributed by atoms with Crippen LogP contribution in [-0.4, -0.2) is 27.3 Å². The molecule has 0 saturated heterocycles. The Hall–Kier alpha value is -2.17. The van der Waals surface area contributed by atoms with E-state index in [0.717, 1.165) is 10.9 Å². The Morgan fingerprint density at radius 1 is 1.47 bits per heavy atom. The van der Waals surface area contributed by atoms with Gasteiger partial charge in [-0.25, -0.2) is 9.97 Å². The number of ether oxygens (including phenoxy) is 1. The smallest absolute Gasteiger partial charge is 0.226 e. The lowest BCUT2D eigenvalue weighted by atomic mass is 10.2. The number of hydrogen-bond acceptors (Lipinski definition) is 4. The molecule has 0 unspecified atom stereocenters. The van der Waals surface area contributed by atoms with Crippen molar-refractivity contribution in [3.05, 3.63) is 24.2 Å². The van der Waals surface area contributed by atoms with E-state index >= 15 is 0 Å². The molecular weight excluding hydrogens is 242 g/mol. The van der Waals surface area contributed by atoms with Gasteiger partial charge in [-0.1, -0.05) is 13.8 Å². The summed E-state index contributed by atoms with van der Waals surface area (Å²) in [6.45, 7) is 6.25. The van der Waals surface area contributed by atoms with Gasteiger partial charge in [0.05, 0.1) is 12.0 Å². The summed E-state index contributed by atoms with van der Waals surface area (Å²) in [6.07, 6.45) is 6.52. The van der Waals surface area contributed by atoms with E-state index in [2.05, 4.69) is 28.8 Å². The number of aromatic nitrogens is 3. The number of rotatable bonds is 5. The van der Waals surface area contributed by atoms with Crippen molar-refractivity contribution in [2.45, 2.75) is 20.8 Å². The third kappa shape index (κ3) is 3.19. The number of nitrogens with one attached hydrogen (secondary N) is 1. The van der Waals surface area contributed by atoms with E-state index in [9.17, 15) is 4.79 Å². The summed E-state index contributed by atoms with van der Waals surface area (Å²) in [5, 5.41) is 0.806. The summed E-state index contributed by atoms with van der Waals surface area (Å²) in [7, 11) is 0. The molecule has 2 heterocycles. The Morgan fingerprint density at radius 2 is 2.26 bits per heavy atom. The van der Waals surface area contributed by atoms with Crippen LogP contribution in [0.25, 0.3) is 17.1 Å². The van der Waals surface area contributed by atoms with Gasteiger partial charge in [0.15, 0.2) is 5.78 Å². The maximum absolute atomic E-state index is 11.0. The molecule has 5 nitrogen and oxygen atoms in total. The average Bonchev–Trinajstić information content (AvgIpc) is 2.77. The molecule has 0 spiro atoms. The molecule has 0 aliphatic rings. The largest absolute Gasteiger partial charge is 0.477 e. The van der Waals surface area contributed by atoms with Crippen LogP contribution in [0, 0.1) is 5.92 Å². The predicted molar refractivity (Wildman–Crippen MR) is 73.9 cm³/mol. The summed E-state index contributed by atoms with van der Waals surface area (Å²) in [4.78, 5) is 22.4. The van der Waals surface area contributed by atoms with Crippen molar-refractivity contribution >= 4 is 22.9 Å². The van der Waals surface area contributed by atoms with Crippen molar-refractivity contribution in [1.29, 1.82) is 0 Å². The molecule has 0 atom stereocenters. The highest BCUT2D eigenvalue weighted by Gasteiger charge is 2.11. The molecule has 0 amide bonds. The maximum atomic E-state index is 11.0. The Kier molecular flexibility index (Phi) is 3.94. The van der Waals surface area contributed by atoms with Crippen LogP contribution in [0.2, 0.25) is 0 Å². The first kappa shape index (κ1) is 13.3. The fraction of sp³-hybridized carbons (Fsp3) is 0.357. The van der Waals surface area contributed by atoms with E-state index in [0.29, 0.717) is 24.1 Å². The highest BCUT2D eigenvalue weighted by Crippen LogP contribution is 2.26. The van der Waals surface area contributed by atoms with Gasteiger partial charge in [0, 0.05) is 11.8 Å². The molecule has 0 aromatic carbocycles. The molecule has 0 bridgehead atoms. The lowest BCUT2D eigenvalue weighted by Crippen LogP contribution is -2.06. The van der Waals surface area contributed by atoms with Gasteiger partial charge < -0.3 is 9.72 Å². The molecular formula is C14H17N3O2. The summed E-state index contributed by atoms with van der Waals surface area (Å²) in [6, 6.07) is 0. The number of carbonyl (C=O) groups is 1. The van der Waals surface area contributed by atoms with Gasteiger partial charge in [0.1, 0.15) is 12.0 Å². The number of fused-ring (bicyclic) bond motifs is 1. The molecule has 0 aliphatic heterocycles. The maximum Gasteiger partial charge on any atom is 0.226 e. The summed E-state index contributed by atoms with van der Waals surface area (Å²) >= 11 is 0. The van der Waals surface area contributed by atoms with E-state index in [1.807, 2.05) is 0 Å². The molecule has 2 aromatic rings. The summed E-state index contributed by atoms with van der Waals surface area (Å²) in [5.41, 5.74) is 1.56. The second kappa shape index (κ2) is 5.65. The Balaban J connectivity index is 2.40. The molecule has 0 radical (unpaired) electrons. The van der Waals surface area contributed by atoms with Crippen molar-refractivity contribution in [2.75, 3.05) is 6.61 Å². The Morgan fingerprint density at radius 3 is 2.95 bits per heavy atom. The van der Waals surface area contributed by atoms with Crippen LogP contribution in [0.4, 0.5) is 0 Å². The first-order valence-corrected chi connectivity index (χ1v) is 6.21. The number of H-pyrrole nitrogens is 1. The van der Waals surface area contributed by atoms with Crippen molar-refractivity contribution in [3.63, 3.8) is 0 Å². The molecule has 5 heteroatoms. The van der Waals surface area contributed by atoms with Crippen LogP contribution in [-0.2, 0) is 4.79 Å². The number of nitrogens with zero attached hydrogens (tertiary/aromatic N) is 2. The zero-order valence-corrected chi connectivity index (χ0v) is 11.3. The van der Waals surface area contributed by atoms with Gasteiger partial charge in [0.2, 0.25) is 5.88 Å². The van der Waals surface area contributed by atoms with Gasteiger partial charge in [-0.15, -0.1) is 0 Å². The van der Waals surface area contributed by atoms with Crippen molar-refractivity contribution in [3.8, 4) is 5.88 Å². The zero-order valence-electron chi connectivity index (χ0n) is 11.3. The van der Waals surface area contributed by atoms with E-state index < -0.39 is 0 Å². The number of carbonyl (C=O) groups excluding carboxylic acids is 1. The second-order valence-electron chi connectivity index (χ2n) is 4.80. The molecule has 0 aliphatic carbocycles. The Bertz CT molecular complexity index is 614. The van der Waals surface area contributed by atoms with Crippen LogP contribution >= 0.6 is 0 Å². The van der Waals surface area contributed by atoms with Crippen molar-refractivity contribution < 1.29 is 9.53 Å². The Labute approximate surface area is 111 Å². The first-order valence-electron chi connectivity index (χ1n) is 6.21. The van der Waals surface area contributed by atoms with Gasteiger partial charge in [-0.3, -0.25) is 4.79 Å². The predicted octanol–water partition coefficient (Wildman–Crippen LogP) is 2.59. The topological polar surface area (TPSA) is 67.9 Å². The van der Waals surface area contributed by atoms with Crippen LogP contribution in [0.3, 0.4) is 0 Å². The van der Waals surface area contributed by atoms with Crippen molar-refractivity contribution in [2.24, 2.45) is 5.92 Å². The van der Waals surface area contributed by atoms with Crippen LogP contribution in [0.5, 0.6) is 5.88 Å². The van der Waals surface area contributed by atoms with Gasteiger partial charge in [-0.05, 0) is 25.0 Å². The fourth-order valence-electron chi connectivity index (χ4n) is 1.65. The molecule has 0 saturated carbocycles. The van der Waals surface area contributed by atoms with E-state index in [4.69, 9.17) is 4.74 Å². The highest BCUT2D eigenvalue weighted by atomic mass is 16.5. The van der Waals surface area contributed by atoms with Crippen LogP contribution in [0.15, 0.2) is 18.6 Å². The number of aromatic amines is 1. The van der Waals surface area contributed by atoms with E-state index in [1.165, 1.54) is 19.3 Å².